The van der Waals surface area contributed by atoms with Crippen molar-refractivity contribution in [3.8, 4) is 45.8 Å². The summed E-state index contributed by atoms with van der Waals surface area (Å²) in [6, 6.07) is 17.6. The third-order valence-corrected chi connectivity index (χ3v) is 11.4. The zero-order chi connectivity index (χ0) is 49.0. The number of hydrogen-bond donors (Lipinski definition) is 4. The van der Waals surface area contributed by atoms with Gasteiger partial charge in [0, 0.05) is 74.3 Å². The van der Waals surface area contributed by atoms with Crippen molar-refractivity contribution in [2.75, 3.05) is 39.9 Å². The van der Waals surface area contributed by atoms with Gasteiger partial charge in [0.2, 0.25) is 11.8 Å². The van der Waals surface area contributed by atoms with Crippen LogP contribution in [0.2, 0.25) is 0 Å². The lowest BCUT2D eigenvalue weighted by Crippen LogP contribution is -2.46. The van der Waals surface area contributed by atoms with E-state index in [-0.39, 0.29) is 88.5 Å². The van der Waals surface area contributed by atoms with Crippen molar-refractivity contribution in [2.45, 2.75) is 97.8 Å². The van der Waals surface area contributed by atoms with E-state index in [1.54, 1.807) is 51.1 Å². The van der Waals surface area contributed by atoms with E-state index in [1.807, 2.05) is 57.2 Å². The van der Waals surface area contributed by atoms with Crippen molar-refractivity contribution in [3.63, 3.8) is 0 Å². The monoisotopic (exact) mass is 916 g/mol. The average molecular weight is 917 g/mol. The number of ether oxygens (including phenoxy) is 3. The number of rotatable bonds is 18. The molecule has 2 heterocycles. The highest BCUT2D eigenvalue weighted by Crippen LogP contribution is 2.41. The first-order valence-corrected chi connectivity index (χ1v) is 22.7. The number of hydrogen-bond acceptors (Lipinski definition) is 14. The number of carbonyl (C=O) groups excluding carboxylic acids is 5. The van der Waals surface area contributed by atoms with Crippen LogP contribution in [0.1, 0.15) is 98.7 Å². The van der Waals surface area contributed by atoms with Crippen molar-refractivity contribution in [3.05, 3.63) is 88.7 Å². The molecule has 1 aliphatic rings. The minimum atomic E-state index is -1.25. The van der Waals surface area contributed by atoms with E-state index < -0.39 is 41.5 Å². The number of aromatic nitrogens is 2. The lowest BCUT2D eigenvalue weighted by Gasteiger charge is -2.32. The maximum absolute atomic E-state index is 14.8. The number of amides is 2. The molecule has 5 rings (SSSR count). The fourth-order valence-corrected chi connectivity index (χ4v) is 8.24. The SMILES string of the molecule is Cc1nc(-c2ccc(OC(C)(C)C)cc2)nc(C)c1C(=O)C[C@@H](CCN)C(=O)N(C)[C@@H]1C(=O)C[C@@H](C)C(=O)N[C@H](C(=O)CCC#N)Cc2ccc(OCCN)c(c2)-c2cc1ccc2OCCN. The highest BCUT2D eigenvalue weighted by Gasteiger charge is 2.36. The summed E-state index contributed by atoms with van der Waals surface area (Å²) in [4.78, 5) is 81.8. The third-order valence-electron chi connectivity index (χ3n) is 11.4. The van der Waals surface area contributed by atoms with Gasteiger partial charge in [-0.15, -0.1) is 0 Å². The number of nitrogens with one attached hydrogen (secondary N) is 1. The smallest absolute Gasteiger partial charge is 0.226 e. The number of ketones is 3. The molecule has 16 heteroatoms. The number of aryl methyl sites for hydroxylation is 2. The number of benzene rings is 3. The molecule has 16 nitrogen and oxygen atoms in total. The number of Topliss-reactive ketones (excluding diaryl/α,β-unsaturated/α-hetero) is 3. The van der Waals surface area contributed by atoms with Crippen LogP contribution in [0, 0.1) is 37.0 Å². The highest BCUT2D eigenvalue weighted by molar-refractivity contribution is 6.01. The summed E-state index contributed by atoms with van der Waals surface area (Å²) in [5.74, 6) is -2.11. The van der Waals surface area contributed by atoms with Gasteiger partial charge in [0.1, 0.15) is 42.1 Å². The van der Waals surface area contributed by atoms with Crippen LogP contribution < -0.4 is 36.7 Å². The zero-order valence-electron chi connectivity index (χ0n) is 39.6. The van der Waals surface area contributed by atoms with Gasteiger partial charge in [0.25, 0.3) is 0 Å². The molecule has 0 aliphatic carbocycles. The second-order valence-corrected chi connectivity index (χ2v) is 17.9. The minimum absolute atomic E-state index is 0.0351. The van der Waals surface area contributed by atoms with Gasteiger partial charge in [-0.3, -0.25) is 24.0 Å². The normalized spacial score (nSPS) is 16.8. The van der Waals surface area contributed by atoms with Gasteiger partial charge in [-0.25, -0.2) is 9.97 Å². The van der Waals surface area contributed by atoms with Crippen LogP contribution in [0.3, 0.4) is 0 Å². The van der Waals surface area contributed by atoms with E-state index in [4.69, 9.17) is 31.4 Å². The molecule has 7 N–H and O–H groups in total. The number of nitrogens with two attached hydrogens (primary N) is 3. The molecular weight excluding hydrogens is 853 g/mol. The zero-order valence-corrected chi connectivity index (χ0v) is 39.6. The summed E-state index contributed by atoms with van der Waals surface area (Å²) in [6.07, 6.45) is -0.444. The van der Waals surface area contributed by atoms with Gasteiger partial charge in [0.05, 0.1) is 29.1 Å². The molecule has 1 aliphatic heterocycles. The second-order valence-electron chi connectivity index (χ2n) is 17.9. The van der Waals surface area contributed by atoms with Crippen LogP contribution in [0.4, 0.5) is 0 Å². The summed E-state index contributed by atoms with van der Waals surface area (Å²) in [5.41, 5.74) is 21.5. The predicted octanol–water partition coefficient (Wildman–Crippen LogP) is 5.53. The Labute approximate surface area is 392 Å². The Morgan fingerprint density at radius 1 is 0.881 bits per heavy atom. The summed E-state index contributed by atoms with van der Waals surface area (Å²) < 4.78 is 18.2. The van der Waals surface area contributed by atoms with Gasteiger partial charge in [-0.2, -0.15) is 5.26 Å². The Morgan fingerprint density at radius 3 is 2.07 bits per heavy atom. The first kappa shape index (κ1) is 51.4. The molecule has 2 amide bonds. The molecule has 4 bridgehead atoms. The highest BCUT2D eigenvalue weighted by atomic mass is 16.5. The van der Waals surface area contributed by atoms with Crippen LogP contribution >= 0.6 is 0 Å². The van der Waals surface area contributed by atoms with Crippen molar-refractivity contribution in [2.24, 2.45) is 29.0 Å². The molecule has 356 valence electrons. The van der Waals surface area contributed by atoms with Crippen LogP contribution in [0.15, 0.2) is 60.7 Å². The molecule has 1 aromatic heterocycles. The van der Waals surface area contributed by atoms with E-state index in [0.717, 1.165) is 5.56 Å². The Morgan fingerprint density at radius 2 is 1.49 bits per heavy atom. The number of fused-ring (bicyclic) bond motifs is 5. The molecule has 4 atom stereocenters. The lowest BCUT2D eigenvalue weighted by molar-refractivity contribution is -0.142. The average Bonchev–Trinajstić information content (AvgIpc) is 3.28. The fraction of sp³-hybridized carbons (Fsp3) is 0.451. The van der Waals surface area contributed by atoms with E-state index >= 15 is 0 Å². The van der Waals surface area contributed by atoms with Gasteiger partial charge in [0.15, 0.2) is 23.2 Å². The largest absolute Gasteiger partial charge is 0.492 e. The van der Waals surface area contributed by atoms with Crippen molar-refractivity contribution in [1.29, 1.82) is 5.26 Å². The number of likely N-dealkylation sites (N-methyl/N-ethyl adjacent to an activating group) is 1. The molecule has 3 aromatic carbocycles. The van der Waals surface area contributed by atoms with E-state index in [9.17, 15) is 29.2 Å². The first-order valence-electron chi connectivity index (χ1n) is 22.7. The Kier molecular flexibility index (Phi) is 17.9. The minimum Gasteiger partial charge on any atom is -0.492 e. The van der Waals surface area contributed by atoms with Gasteiger partial charge in [-0.1, -0.05) is 19.1 Å². The van der Waals surface area contributed by atoms with E-state index in [0.29, 0.717) is 62.3 Å². The predicted molar refractivity (Wildman–Crippen MR) is 254 cm³/mol. The molecule has 0 fully saturated rings. The van der Waals surface area contributed by atoms with Crippen molar-refractivity contribution in [1.82, 2.24) is 20.2 Å². The lowest BCUT2D eigenvalue weighted by atomic mass is 9.88. The number of nitrogens with zero attached hydrogens (tertiary/aromatic N) is 4. The first-order chi connectivity index (χ1) is 31.9. The van der Waals surface area contributed by atoms with Crippen LogP contribution in [0.25, 0.3) is 22.5 Å². The standard InChI is InChI=1S/C51H64N8O8/c1-30-25-43(62)47(59(7)50(64)36(18-20-53)29-42(61)46-31(2)56-48(57-32(46)3)34-11-14-37(15-12-34)67-51(4,5)6)35-13-17-45(66-24-22-55)39(28-35)38-26-33(10-16-44(38)65-23-21-54)27-40(58-49(30)63)41(60)9-8-19-52/h10-17,26,28,30,36,40,47H,8-9,18,20-25,27,29,53-55H2,1-7H3,(H,58,63)/t30-,36-,40+,47+/m1/s1. The maximum atomic E-state index is 14.8. The van der Waals surface area contributed by atoms with E-state index in [1.165, 1.54) is 11.9 Å². The summed E-state index contributed by atoms with van der Waals surface area (Å²) >= 11 is 0. The van der Waals surface area contributed by atoms with Crippen molar-refractivity contribution >= 4 is 29.2 Å². The van der Waals surface area contributed by atoms with Gasteiger partial charge in [-0.05, 0) is 114 Å². The number of nitriles is 1. The van der Waals surface area contributed by atoms with Crippen LogP contribution in [-0.2, 0) is 25.6 Å². The molecule has 0 saturated carbocycles. The topological polar surface area (TPSA) is 256 Å². The van der Waals surface area contributed by atoms with Crippen LogP contribution in [-0.4, -0.2) is 95.6 Å². The van der Waals surface area contributed by atoms with Crippen molar-refractivity contribution < 1.29 is 38.2 Å². The summed E-state index contributed by atoms with van der Waals surface area (Å²) in [6.45, 7) is 11.8. The molecule has 0 saturated heterocycles. The Hall–Kier alpha value is -6.54. The fourth-order valence-electron chi connectivity index (χ4n) is 8.24. The molecule has 0 unspecified atom stereocenters. The third kappa shape index (κ3) is 13.3. The Balaban J connectivity index is 1.56. The van der Waals surface area contributed by atoms with Crippen LogP contribution in [0.5, 0.6) is 17.2 Å². The summed E-state index contributed by atoms with van der Waals surface area (Å²) in [7, 11) is 1.50. The molecule has 0 spiro atoms. The Bertz CT molecular complexity index is 2460. The van der Waals surface area contributed by atoms with E-state index in [2.05, 4.69) is 15.3 Å². The molecule has 4 aromatic rings. The number of carbonyl (C=O) groups is 5. The molecule has 67 heavy (non-hydrogen) atoms. The summed E-state index contributed by atoms with van der Waals surface area (Å²) in [5, 5.41) is 12.1. The van der Waals surface area contributed by atoms with Gasteiger partial charge < -0.3 is 41.6 Å². The maximum Gasteiger partial charge on any atom is 0.226 e. The van der Waals surface area contributed by atoms with Gasteiger partial charge >= 0.3 is 0 Å². The quantitative estimate of drug-likeness (QED) is 0.0896. The molecular formula is C51H64N8O8. The second kappa shape index (κ2) is 23.3. The molecule has 0 radical (unpaired) electrons.